The Balaban J connectivity index is 0.000000168. The normalized spacial score (nSPS) is 12.7. The van der Waals surface area contributed by atoms with Crippen molar-refractivity contribution < 1.29 is 27.1 Å². The first-order valence-electron chi connectivity index (χ1n) is 10.9. The van der Waals surface area contributed by atoms with Gasteiger partial charge in [-0.25, -0.2) is 13.2 Å². The molecule has 0 radical (unpaired) electrons. The minimum Gasteiger partial charge on any atom is -0.465 e. The highest BCUT2D eigenvalue weighted by atomic mass is 19.1. The molecule has 0 atom stereocenters. The lowest BCUT2D eigenvalue weighted by molar-refractivity contribution is -0.137. The highest BCUT2D eigenvalue weighted by Gasteiger charge is 2.17. The molecule has 2 aromatic heterocycles. The first-order chi connectivity index (χ1) is 16.4. The highest BCUT2D eigenvalue weighted by molar-refractivity contribution is 5.86. The smallest absolute Gasteiger partial charge is 0.293 e. The fourth-order valence-electron chi connectivity index (χ4n) is 3.29. The van der Waals surface area contributed by atoms with Crippen molar-refractivity contribution in [2.45, 2.75) is 38.8 Å². The van der Waals surface area contributed by atoms with Gasteiger partial charge < -0.3 is 19.5 Å². The van der Waals surface area contributed by atoms with E-state index in [0.29, 0.717) is 23.1 Å². The molecule has 5 nitrogen and oxygen atoms in total. The molecule has 1 fully saturated rings. The molecule has 2 heterocycles. The number of carbonyl (C=O) groups is 1. The van der Waals surface area contributed by atoms with Crippen molar-refractivity contribution >= 4 is 17.4 Å². The number of rotatable bonds is 5. The van der Waals surface area contributed by atoms with E-state index in [0.717, 1.165) is 37.0 Å². The zero-order valence-electron chi connectivity index (χ0n) is 19.0. The van der Waals surface area contributed by atoms with E-state index in [4.69, 9.17) is 4.42 Å². The molecule has 180 valence electrons. The monoisotopic (exact) mass is 472 g/mol. The molecule has 1 aliphatic carbocycles. The van der Waals surface area contributed by atoms with Gasteiger partial charge in [0.05, 0.1) is 12.1 Å². The van der Waals surface area contributed by atoms with Crippen molar-refractivity contribution in [3.8, 4) is 11.3 Å². The Morgan fingerprint density at radius 3 is 2.32 bits per heavy atom. The molecule has 8 heteroatoms. The van der Waals surface area contributed by atoms with E-state index < -0.39 is 11.6 Å². The van der Waals surface area contributed by atoms with Crippen molar-refractivity contribution in [2.24, 2.45) is 0 Å². The number of furan rings is 1. The summed E-state index contributed by atoms with van der Waals surface area (Å²) in [5.41, 5.74) is 1.58. The number of carbonyl (C=O) groups excluding carboxylic acids is 1. The van der Waals surface area contributed by atoms with Crippen LogP contribution in [-0.2, 0) is 16.1 Å². The van der Waals surface area contributed by atoms with Crippen LogP contribution in [0.1, 0.15) is 30.8 Å². The molecule has 0 unspecified atom stereocenters. The van der Waals surface area contributed by atoms with E-state index >= 15 is 0 Å². The molecule has 2 aromatic carbocycles. The summed E-state index contributed by atoms with van der Waals surface area (Å²) >= 11 is 0. The summed E-state index contributed by atoms with van der Waals surface area (Å²) in [4.78, 5) is 12.4. The largest absolute Gasteiger partial charge is 0.465 e. The number of ether oxygens (including phenoxy) is 1. The molecule has 0 aliphatic heterocycles. The van der Waals surface area contributed by atoms with Crippen LogP contribution in [0.15, 0.2) is 59.0 Å². The molecular weight excluding hydrogens is 445 g/mol. The van der Waals surface area contributed by atoms with Crippen molar-refractivity contribution in [1.29, 1.82) is 0 Å². The number of fused-ring (bicyclic) bond motifs is 1. The Kier molecular flexibility index (Phi) is 8.93. The van der Waals surface area contributed by atoms with Crippen LogP contribution in [0.5, 0.6) is 0 Å². The molecule has 0 saturated heterocycles. The maximum absolute atomic E-state index is 13.5. The van der Waals surface area contributed by atoms with Crippen LogP contribution >= 0.6 is 0 Å². The van der Waals surface area contributed by atoms with Crippen molar-refractivity contribution in [3.05, 3.63) is 83.6 Å². The lowest BCUT2D eigenvalue weighted by Gasteiger charge is -2.22. The van der Waals surface area contributed by atoms with Gasteiger partial charge in [0.1, 0.15) is 35.1 Å². The minimum atomic E-state index is -0.640. The van der Waals surface area contributed by atoms with Gasteiger partial charge in [-0.15, -0.1) is 0 Å². The standard InChI is InChI=1S/C14H8F3N.C7H11NO.C5H8O2/c15-10-3-1-8(2-4-10)13-6-9-5-11(16)7-12(17)14(9)18-13;1-6-3-4-7(9-6)5-8-2;6-4-7-5-2-1-3-5/h1-7,18H;3-4,8H,5H2,1-2H3;4-5H,1-3H2. The van der Waals surface area contributed by atoms with Gasteiger partial charge in [-0.3, -0.25) is 4.79 Å². The Morgan fingerprint density at radius 1 is 1.06 bits per heavy atom. The second kappa shape index (κ2) is 12.1. The van der Waals surface area contributed by atoms with Crippen LogP contribution in [0.25, 0.3) is 22.2 Å². The summed E-state index contributed by atoms with van der Waals surface area (Å²) in [5.74, 6) is 0.366. The molecule has 1 aliphatic rings. The fraction of sp³-hybridized carbons (Fsp3) is 0.269. The number of hydrogen-bond donors (Lipinski definition) is 2. The van der Waals surface area contributed by atoms with Crippen LogP contribution in [0.3, 0.4) is 0 Å². The molecular formula is C26H27F3N2O3. The van der Waals surface area contributed by atoms with E-state index in [1.807, 2.05) is 26.1 Å². The zero-order valence-corrected chi connectivity index (χ0v) is 19.0. The molecule has 0 bridgehead atoms. The molecule has 0 spiro atoms. The second-order valence-electron chi connectivity index (χ2n) is 7.87. The lowest BCUT2D eigenvalue weighted by Crippen LogP contribution is -2.20. The quantitative estimate of drug-likeness (QED) is 0.336. The summed E-state index contributed by atoms with van der Waals surface area (Å²) < 4.78 is 49.2. The third-order valence-electron chi connectivity index (χ3n) is 5.25. The van der Waals surface area contributed by atoms with E-state index in [1.165, 1.54) is 24.6 Å². The van der Waals surface area contributed by atoms with E-state index in [-0.39, 0.29) is 17.4 Å². The third kappa shape index (κ3) is 6.99. The number of H-pyrrole nitrogens is 1. The summed E-state index contributed by atoms with van der Waals surface area (Å²) in [6.07, 6.45) is 3.62. The molecule has 2 N–H and O–H groups in total. The van der Waals surface area contributed by atoms with E-state index in [9.17, 15) is 18.0 Å². The minimum absolute atomic E-state index is 0.246. The number of aromatic nitrogens is 1. The van der Waals surface area contributed by atoms with Gasteiger partial charge in [0.15, 0.2) is 0 Å². The fourth-order valence-corrected chi connectivity index (χ4v) is 3.29. The van der Waals surface area contributed by atoms with Crippen LogP contribution in [0.4, 0.5) is 13.2 Å². The number of aryl methyl sites for hydroxylation is 1. The maximum Gasteiger partial charge on any atom is 0.293 e. The van der Waals surface area contributed by atoms with Gasteiger partial charge in [-0.05, 0) is 87.3 Å². The summed E-state index contributed by atoms with van der Waals surface area (Å²) in [7, 11) is 1.90. The Bertz CT molecular complexity index is 1200. The summed E-state index contributed by atoms with van der Waals surface area (Å²) in [6.45, 7) is 3.29. The van der Waals surface area contributed by atoms with Crippen molar-refractivity contribution in [1.82, 2.24) is 10.3 Å². The van der Waals surface area contributed by atoms with Gasteiger partial charge in [-0.1, -0.05) is 0 Å². The average molecular weight is 473 g/mol. The number of aromatic amines is 1. The van der Waals surface area contributed by atoms with Gasteiger partial charge in [0.2, 0.25) is 0 Å². The number of halogens is 3. The number of hydrogen-bond acceptors (Lipinski definition) is 4. The Labute approximate surface area is 195 Å². The van der Waals surface area contributed by atoms with Gasteiger partial charge in [0.25, 0.3) is 6.47 Å². The number of nitrogens with one attached hydrogen (secondary N) is 2. The van der Waals surface area contributed by atoms with Gasteiger partial charge >= 0.3 is 0 Å². The molecule has 34 heavy (non-hydrogen) atoms. The summed E-state index contributed by atoms with van der Waals surface area (Å²) in [5, 5.41) is 3.45. The Hall–Kier alpha value is -3.52. The van der Waals surface area contributed by atoms with Gasteiger partial charge in [-0.2, -0.15) is 0 Å². The van der Waals surface area contributed by atoms with Crippen LogP contribution in [0, 0.1) is 24.4 Å². The van der Waals surface area contributed by atoms with Crippen LogP contribution in [0.2, 0.25) is 0 Å². The van der Waals surface area contributed by atoms with Crippen molar-refractivity contribution in [2.75, 3.05) is 7.05 Å². The molecule has 0 amide bonds. The molecule has 5 rings (SSSR count). The third-order valence-corrected chi connectivity index (χ3v) is 5.25. The van der Waals surface area contributed by atoms with Crippen molar-refractivity contribution in [3.63, 3.8) is 0 Å². The zero-order chi connectivity index (χ0) is 24.5. The molecule has 1 saturated carbocycles. The summed E-state index contributed by atoms with van der Waals surface area (Å²) in [6, 6.07) is 13.4. The predicted molar refractivity (Wildman–Crippen MR) is 125 cm³/mol. The SMILES string of the molecule is CNCc1ccc(C)o1.Fc1ccc(-c2cc3cc(F)cc(F)c3[nH]2)cc1.O=COC1CCC1. The topological polar surface area (TPSA) is 67.3 Å². The molecule has 4 aromatic rings. The Morgan fingerprint density at radius 2 is 1.79 bits per heavy atom. The lowest BCUT2D eigenvalue weighted by atomic mass is 9.96. The van der Waals surface area contributed by atoms with E-state index in [2.05, 4.69) is 15.0 Å². The first kappa shape index (κ1) is 25.1. The van der Waals surface area contributed by atoms with E-state index in [1.54, 1.807) is 18.2 Å². The van der Waals surface area contributed by atoms with Crippen LogP contribution < -0.4 is 5.32 Å². The average Bonchev–Trinajstić information content (AvgIpc) is 3.39. The van der Waals surface area contributed by atoms with Crippen LogP contribution in [-0.4, -0.2) is 24.6 Å². The number of benzene rings is 2. The first-order valence-corrected chi connectivity index (χ1v) is 10.9. The predicted octanol–water partition coefficient (Wildman–Crippen LogP) is 6.27. The second-order valence-corrected chi connectivity index (χ2v) is 7.87. The maximum atomic E-state index is 13.5. The highest BCUT2D eigenvalue weighted by Crippen LogP contribution is 2.26. The van der Waals surface area contributed by atoms with Gasteiger partial charge in [0, 0.05) is 17.1 Å².